The average molecular weight is 251 g/mol. The Labute approximate surface area is 105 Å². The van der Waals surface area contributed by atoms with Crippen molar-refractivity contribution in [3.05, 3.63) is 11.9 Å². The predicted molar refractivity (Wildman–Crippen MR) is 63.1 cm³/mol. The Bertz CT molecular complexity index is 442. The highest BCUT2D eigenvalue weighted by atomic mass is 16.3. The lowest BCUT2D eigenvalue weighted by Crippen LogP contribution is -2.43. The van der Waals surface area contributed by atoms with Crippen LogP contribution in [0.4, 0.5) is 0 Å². The summed E-state index contributed by atoms with van der Waals surface area (Å²) in [5, 5.41) is 20.3. The van der Waals surface area contributed by atoms with Crippen molar-refractivity contribution in [3.63, 3.8) is 0 Å². The second kappa shape index (κ2) is 4.66. The Morgan fingerprint density at radius 1 is 1.56 bits per heavy atom. The van der Waals surface area contributed by atoms with E-state index in [1.165, 1.54) is 0 Å². The summed E-state index contributed by atoms with van der Waals surface area (Å²) >= 11 is 0. The van der Waals surface area contributed by atoms with Crippen molar-refractivity contribution < 1.29 is 9.90 Å². The fraction of sp³-hybridized carbons (Fsp3) is 0.727. The van der Waals surface area contributed by atoms with Gasteiger partial charge < -0.3 is 15.3 Å². The normalized spacial score (nSPS) is 24.3. The van der Waals surface area contributed by atoms with Crippen molar-refractivity contribution in [1.29, 1.82) is 0 Å². The molecule has 0 unspecified atom stereocenters. The second-order valence-corrected chi connectivity index (χ2v) is 4.87. The molecule has 3 heterocycles. The van der Waals surface area contributed by atoms with Gasteiger partial charge >= 0.3 is 0 Å². The van der Waals surface area contributed by atoms with Crippen LogP contribution in [0.1, 0.15) is 29.4 Å². The Kier molecular flexibility index (Phi) is 3.00. The Morgan fingerprint density at radius 2 is 2.39 bits per heavy atom. The van der Waals surface area contributed by atoms with Gasteiger partial charge in [0, 0.05) is 19.6 Å². The van der Waals surface area contributed by atoms with Gasteiger partial charge in [-0.05, 0) is 12.8 Å². The molecule has 1 amide bonds. The van der Waals surface area contributed by atoms with E-state index in [-0.39, 0.29) is 18.6 Å². The molecule has 1 atom stereocenters. The lowest BCUT2D eigenvalue weighted by Gasteiger charge is -2.26. The van der Waals surface area contributed by atoms with E-state index in [4.69, 9.17) is 0 Å². The van der Waals surface area contributed by atoms with Gasteiger partial charge in [-0.1, -0.05) is 5.21 Å². The van der Waals surface area contributed by atoms with Gasteiger partial charge in [0.1, 0.15) is 0 Å². The van der Waals surface area contributed by atoms with Crippen LogP contribution >= 0.6 is 0 Å². The molecule has 0 saturated carbocycles. The van der Waals surface area contributed by atoms with Crippen LogP contribution in [0.25, 0.3) is 0 Å². The van der Waals surface area contributed by atoms with E-state index in [9.17, 15) is 9.90 Å². The van der Waals surface area contributed by atoms with Gasteiger partial charge in [0.05, 0.1) is 24.9 Å². The number of hydrogen-bond donors (Lipinski definition) is 2. The molecule has 2 N–H and O–H groups in total. The number of carbonyl (C=O) groups excluding carboxylic acids is 1. The summed E-state index contributed by atoms with van der Waals surface area (Å²) < 4.78 is 1.74. The number of aliphatic hydroxyl groups excluding tert-OH is 1. The minimum Gasteiger partial charge on any atom is -0.394 e. The molecule has 2 aliphatic heterocycles. The molecule has 7 heteroatoms. The highest BCUT2D eigenvalue weighted by molar-refractivity contribution is 5.92. The summed E-state index contributed by atoms with van der Waals surface area (Å²) in [6.45, 7) is 2.47. The van der Waals surface area contributed by atoms with Gasteiger partial charge in [-0.3, -0.25) is 4.79 Å². The third-order valence-corrected chi connectivity index (χ3v) is 3.71. The quantitative estimate of drug-likeness (QED) is 0.721. The smallest absolute Gasteiger partial charge is 0.276 e. The molecule has 0 bridgehead atoms. The van der Waals surface area contributed by atoms with Crippen molar-refractivity contribution in [1.82, 2.24) is 25.2 Å². The summed E-state index contributed by atoms with van der Waals surface area (Å²) in [6.07, 6.45) is 3.52. The molecular formula is C11H17N5O2. The maximum absolute atomic E-state index is 12.2. The topological polar surface area (TPSA) is 83.3 Å². The Morgan fingerprint density at radius 3 is 3.06 bits per heavy atom. The number of hydrogen-bond acceptors (Lipinski definition) is 5. The van der Waals surface area contributed by atoms with E-state index in [1.807, 2.05) is 0 Å². The number of aromatic nitrogens is 3. The van der Waals surface area contributed by atoms with Crippen molar-refractivity contribution in [2.45, 2.75) is 24.9 Å². The molecule has 0 radical (unpaired) electrons. The van der Waals surface area contributed by atoms with Crippen molar-refractivity contribution in [2.24, 2.45) is 0 Å². The molecule has 0 aromatic carbocycles. The highest BCUT2D eigenvalue weighted by Crippen LogP contribution is 2.19. The van der Waals surface area contributed by atoms with E-state index in [0.717, 1.165) is 25.9 Å². The van der Waals surface area contributed by atoms with Gasteiger partial charge in [0.2, 0.25) is 0 Å². The minimum atomic E-state index is -0.120. The number of likely N-dealkylation sites (tertiary alicyclic amines) is 1. The van der Waals surface area contributed by atoms with Gasteiger partial charge in [0.15, 0.2) is 5.69 Å². The lowest BCUT2D eigenvalue weighted by atomic mass is 10.2. The summed E-state index contributed by atoms with van der Waals surface area (Å²) in [5.74, 6) is -0.120. The predicted octanol–water partition coefficient (Wildman–Crippen LogP) is -0.981. The maximum Gasteiger partial charge on any atom is 0.276 e. The molecular weight excluding hydrogens is 234 g/mol. The number of rotatable bonds is 3. The molecule has 0 aliphatic carbocycles. The Hall–Kier alpha value is -1.47. The first-order valence-corrected chi connectivity index (χ1v) is 6.34. The zero-order valence-electron chi connectivity index (χ0n) is 10.1. The van der Waals surface area contributed by atoms with Crippen LogP contribution < -0.4 is 5.32 Å². The molecule has 2 aliphatic rings. The monoisotopic (exact) mass is 251 g/mol. The SMILES string of the molecule is O=C(c1cn(C2CNC2)nn1)N1CCC[C@H]1CO. The molecule has 1 aromatic heterocycles. The molecule has 2 saturated heterocycles. The molecule has 98 valence electrons. The molecule has 1 aromatic rings. The summed E-state index contributed by atoms with van der Waals surface area (Å²) in [5.41, 5.74) is 0.377. The second-order valence-electron chi connectivity index (χ2n) is 4.87. The number of amides is 1. The van der Waals surface area contributed by atoms with E-state index in [0.29, 0.717) is 18.3 Å². The number of aliphatic hydroxyl groups is 1. The maximum atomic E-state index is 12.2. The van der Waals surface area contributed by atoms with Crippen LogP contribution in [-0.4, -0.2) is 63.2 Å². The van der Waals surface area contributed by atoms with Crippen molar-refractivity contribution in [3.8, 4) is 0 Å². The van der Waals surface area contributed by atoms with Gasteiger partial charge in [-0.25, -0.2) is 4.68 Å². The number of nitrogens with zero attached hydrogens (tertiary/aromatic N) is 4. The largest absolute Gasteiger partial charge is 0.394 e. The van der Waals surface area contributed by atoms with E-state index in [2.05, 4.69) is 15.6 Å². The summed E-state index contributed by atoms with van der Waals surface area (Å²) in [4.78, 5) is 13.9. The zero-order valence-corrected chi connectivity index (χ0v) is 10.1. The molecule has 18 heavy (non-hydrogen) atoms. The fourth-order valence-electron chi connectivity index (χ4n) is 2.45. The van der Waals surface area contributed by atoms with Gasteiger partial charge in [-0.2, -0.15) is 0 Å². The summed E-state index contributed by atoms with van der Waals surface area (Å²) in [6, 6.07) is 0.249. The molecule has 3 rings (SSSR count). The van der Waals surface area contributed by atoms with Crippen molar-refractivity contribution in [2.75, 3.05) is 26.2 Å². The average Bonchev–Trinajstić information content (AvgIpc) is 2.93. The van der Waals surface area contributed by atoms with E-state index < -0.39 is 0 Å². The van der Waals surface area contributed by atoms with E-state index in [1.54, 1.807) is 15.8 Å². The van der Waals surface area contributed by atoms with E-state index >= 15 is 0 Å². The van der Waals surface area contributed by atoms with Gasteiger partial charge in [-0.15, -0.1) is 5.10 Å². The van der Waals surface area contributed by atoms with Crippen LogP contribution in [0.3, 0.4) is 0 Å². The summed E-state index contributed by atoms with van der Waals surface area (Å²) in [7, 11) is 0. The highest BCUT2D eigenvalue weighted by Gasteiger charge is 2.31. The van der Waals surface area contributed by atoms with Crippen LogP contribution in [0.15, 0.2) is 6.20 Å². The number of carbonyl (C=O) groups is 1. The van der Waals surface area contributed by atoms with Crippen molar-refractivity contribution >= 4 is 5.91 Å². The molecule has 2 fully saturated rings. The first-order chi connectivity index (χ1) is 8.79. The molecule has 0 spiro atoms. The first kappa shape index (κ1) is 11.6. The zero-order chi connectivity index (χ0) is 12.5. The van der Waals surface area contributed by atoms with Gasteiger partial charge in [0.25, 0.3) is 5.91 Å². The van der Waals surface area contributed by atoms with Crippen LogP contribution in [0.5, 0.6) is 0 Å². The standard InChI is InChI=1S/C11H17N5O2/c17-7-8-2-1-3-15(8)11(18)10-6-16(14-13-10)9-4-12-5-9/h6,8-9,12,17H,1-5,7H2/t8-/m0/s1. The van der Waals surface area contributed by atoms with Crippen LogP contribution in [0, 0.1) is 0 Å². The minimum absolute atomic E-state index is 0.0203. The lowest BCUT2D eigenvalue weighted by molar-refractivity contribution is 0.0671. The first-order valence-electron chi connectivity index (χ1n) is 6.34. The molecule has 7 nitrogen and oxygen atoms in total. The van der Waals surface area contributed by atoms with Crippen LogP contribution in [-0.2, 0) is 0 Å². The third-order valence-electron chi connectivity index (χ3n) is 3.71. The number of nitrogens with one attached hydrogen (secondary N) is 1. The fourth-order valence-corrected chi connectivity index (χ4v) is 2.45. The van der Waals surface area contributed by atoms with Crippen LogP contribution in [0.2, 0.25) is 0 Å². The third kappa shape index (κ3) is 1.89. The Balaban J connectivity index is 1.73.